The third-order valence-electron chi connectivity index (χ3n) is 3.76. The van der Waals surface area contributed by atoms with Gasteiger partial charge in [-0.15, -0.1) is 0 Å². The van der Waals surface area contributed by atoms with E-state index < -0.39 is 0 Å². The van der Waals surface area contributed by atoms with E-state index in [-0.39, 0.29) is 5.91 Å². The number of benzene rings is 1. The van der Waals surface area contributed by atoms with Crippen molar-refractivity contribution in [2.24, 2.45) is 5.92 Å². The summed E-state index contributed by atoms with van der Waals surface area (Å²) in [5.74, 6) is 0.644. The van der Waals surface area contributed by atoms with Crippen LogP contribution in [-0.2, 0) is 0 Å². The lowest BCUT2D eigenvalue weighted by Gasteiger charge is -2.22. The smallest absolute Gasteiger partial charge is 0.251 e. The van der Waals surface area contributed by atoms with Crippen molar-refractivity contribution in [2.75, 3.05) is 18.9 Å². The predicted molar refractivity (Wildman–Crippen MR) is 79.9 cm³/mol. The molecular formula is C15H21ClN2O. The van der Waals surface area contributed by atoms with Crippen LogP contribution in [0.1, 0.15) is 42.5 Å². The van der Waals surface area contributed by atoms with E-state index in [1.165, 1.54) is 32.1 Å². The van der Waals surface area contributed by atoms with Crippen LogP contribution in [-0.4, -0.2) is 19.5 Å². The lowest BCUT2D eigenvalue weighted by atomic mass is 9.89. The topological polar surface area (TPSA) is 41.1 Å². The normalized spacial score (nSPS) is 16.1. The molecule has 0 saturated heterocycles. The summed E-state index contributed by atoms with van der Waals surface area (Å²) >= 11 is 6.17. The van der Waals surface area contributed by atoms with Crippen molar-refractivity contribution in [2.45, 2.75) is 32.1 Å². The number of nitrogens with one attached hydrogen (secondary N) is 2. The molecule has 0 aromatic heterocycles. The Labute approximate surface area is 119 Å². The highest BCUT2D eigenvalue weighted by molar-refractivity contribution is 6.33. The summed E-state index contributed by atoms with van der Waals surface area (Å²) < 4.78 is 0. The first-order valence-corrected chi connectivity index (χ1v) is 7.34. The lowest BCUT2D eigenvalue weighted by Crippen LogP contribution is -2.19. The molecule has 1 fully saturated rings. The number of hydrogen-bond donors (Lipinski definition) is 2. The van der Waals surface area contributed by atoms with Crippen molar-refractivity contribution in [3.63, 3.8) is 0 Å². The first-order chi connectivity index (χ1) is 9.20. The predicted octanol–water partition coefficient (Wildman–Crippen LogP) is 3.69. The summed E-state index contributed by atoms with van der Waals surface area (Å²) in [6.45, 7) is 0.941. The molecule has 1 saturated carbocycles. The van der Waals surface area contributed by atoms with Gasteiger partial charge in [0.1, 0.15) is 0 Å². The van der Waals surface area contributed by atoms with Gasteiger partial charge in [0.25, 0.3) is 5.91 Å². The molecule has 0 bridgehead atoms. The molecule has 104 valence electrons. The molecule has 0 atom stereocenters. The van der Waals surface area contributed by atoms with Gasteiger partial charge in [-0.3, -0.25) is 4.79 Å². The van der Waals surface area contributed by atoms with E-state index in [9.17, 15) is 4.79 Å². The number of anilines is 1. The number of rotatable bonds is 4. The molecule has 1 aromatic carbocycles. The number of carbonyl (C=O) groups is 1. The molecule has 1 aromatic rings. The maximum absolute atomic E-state index is 11.6. The summed E-state index contributed by atoms with van der Waals surface area (Å²) in [6.07, 6.45) is 6.61. The first-order valence-electron chi connectivity index (χ1n) is 6.96. The molecule has 4 heteroatoms. The second kappa shape index (κ2) is 6.80. The first kappa shape index (κ1) is 14.2. The molecule has 3 nitrogen and oxygen atoms in total. The summed E-state index contributed by atoms with van der Waals surface area (Å²) in [4.78, 5) is 11.6. The molecule has 2 rings (SSSR count). The maximum Gasteiger partial charge on any atom is 0.251 e. The van der Waals surface area contributed by atoms with Gasteiger partial charge in [0.15, 0.2) is 0 Å². The molecule has 1 amide bonds. The average molecular weight is 281 g/mol. The minimum absolute atomic E-state index is 0.0858. The summed E-state index contributed by atoms with van der Waals surface area (Å²) in [5.41, 5.74) is 1.49. The molecule has 0 aliphatic heterocycles. The van der Waals surface area contributed by atoms with Gasteiger partial charge in [-0.25, -0.2) is 0 Å². The fraction of sp³-hybridized carbons (Fsp3) is 0.533. The Morgan fingerprint density at radius 2 is 2.05 bits per heavy atom. The van der Waals surface area contributed by atoms with Crippen molar-refractivity contribution in [3.05, 3.63) is 28.8 Å². The molecule has 19 heavy (non-hydrogen) atoms. The van der Waals surface area contributed by atoms with Gasteiger partial charge in [-0.05, 0) is 37.0 Å². The second-order valence-corrected chi connectivity index (χ2v) is 5.57. The Bertz CT molecular complexity index is 442. The zero-order valence-electron chi connectivity index (χ0n) is 11.3. The summed E-state index contributed by atoms with van der Waals surface area (Å²) in [5, 5.41) is 6.68. The minimum Gasteiger partial charge on any atom is -0.384 e. The largest absolute Gasteiger partial charge is 0.384 e. The monoisotopic (exact) mass is 280 g/mol. The van der Waals surface area contributed by atoms with E-state index in [1.807, 2.05) is 6.07 Å². The number of carbonyl (C=O) groups excluding carboxylic acids is 1. The van der Waals surface area contributed by atoms with E-state index >= 15 is 0 Å². The van der Waals surface area contributed by atoms with Gasteiger partial charge in [-0.2, -0.15) is 0 Å². The molecule has 0 spiro atoms. The highest BCUT2D eigenvalue weighted by Gasteiger charge is 2.14. The van der Waals surface area contributed by atoms with Crippen LogP contribution in [0.3, 0.4) is 0 Å². The Morgan fingerprint density at radius 1 is 1.32 bits per heavy atom. The quantitative estimate of drug-likeness (QED) is 0.883. The van der Waals surface area contributed by atoms with Crippen LogP contribution in [0.25, 0.3) is 0 Å². The highest BCUT2D eigenvalue weighted by atomic mass is 35.5. The van der Waals surface area contributed by atoms with E-state index in [0.717, 1.165) is 18.2 Å². The van der Waals surface area contributed by atoms with Gasteiger partial charge < -0.3 is 10.6 Å². The minimum atomic E-state index is -0.0858. The van der Waals surface area contributed by atoms with Crippen LogP contribution in [0.4, 0.5) is 5.69 Å². The molecule has 0 radical (unpaired) electrons. The summed E-state index contributed by atoms with van der Waals surface area (Å²) in [6, 6.07) is 5.34. The number of hydrogen-bond acceptors (Lipinski definition) is 2. The highest BCUT2D eigenvalue weighted by Crippen LogP contribution is 2.27. The van der Waals surface area contributed by atoms with E-state index in [4.69, 9.17) is 11.6 Å². The average Bonchev–Trinajstić information content (AvgIpc) is 2.46. The number of halogens is 1. The van der Waals surface area contributed by atoms with Crippen molar-refractivity contribution in [1.29, 1.82) is 0 Å². The Hall–Kier alpha value is -1.22. The van der Waals surface area contributed by atoms with Crippen LogP contribution >= 0.6 is 11.6 Å². The fourth-order valence-electron chi connectivity index (χ4n) is 2.59. The second-order valence-electron chi connectivity index (χ2n) is 5.16. The van der Waals surface area contributed by atoms with Crippen molar-refractivity contribution < 1.29 is 4.79 Å². The molecule has 0 heterocycles. The molecule has 1 aliphatic rings. The summed E-state index contributed by atoms with van der Waals surface area (Å²) in [7, 11) is 1.63. The van der Waals surface area contributed by atoms with Gasteiger partial charge in [0.05, 0.1) is 10.7 Å². The zero-order valence-corrected chi connectivity index (χ0v) is 12.1. The Morgan fingerprint density at radius 3 is 2.74 bits per heavy atom. The molecule has 2 N–H and O–H groups in total. The van der Waals surface area contributed by atoms with Crippen LogP contribution < -0.4 is 10.6 Å². The van der Waals surface area contributed by atoms with Gasteiger partial charge in [0, 0.05) is 19.2 Å². The Kier molecular flexibility index (Phi) is 5.08. The van der Waals surface area contributed by atoms with Crippen molar-refractivity contribution in [1.82, 2.24) is 5.32 Å². The number of amides is 1. The van der Waals surface area contributed by atoms with Gasteiger partial charge in [0.2, 0.25) is 0 Å². The van der Waals surface area contributed by atoms with E-state index in [0.29, 0.717) is 10.6 Å². The molecule has 1 aliphatic carbocycles. The maximum atomic E-state index is 11.6. The lowest BCUT2D eigenvalue weighted by molar-refractivity contribution is 0.0963. The van der Waals surface area contributed by atoms with Crippen molar-refractivity contribution in [3.8, 4) is 0 Å². The van der Waals surface area contributed by atoms with E-state index in [2.05, 4.69) is 10.6 Å². The van der Waals surface area contributed by atoms with Crippen LogP contribution in [0.5, 0.6) is 0 Å². The molecular weight excluding hydrogens is 260 g/mol. The van der Waals surface area contributed by atoms with E-state index in [1.54, 1.807) is 19.2 Å². The van der Waals surface area contributed by atoms with Crippen LogP contribution in [0, 0.1) is 5.92 Å². The zero-order chi connectivity index (χ0) is 13.7. The van der Waals surface area contributed by atoms with Gasteiger partial charge in [-0.1, -0.05) is 30.9 Å². The molecule has 0 unspecified atom stereocenters. The third-order valence-corrected chi connectivity index (χ3v) is 4.09. The SMILES string of the molecule is CNC(=O)c1ccc(Cl)c(NCC2CCCCC2)c1. The van der Waals surface area contributed by atoms with Crippen LogP contribution in [0.2, 0.25) is 5.02 Å². The van der Waals surface area contributed by atoms with Crippen LogP contribution in [0.15, 0.2) is 18.2 Å². The van der Waals surface area contributed by atoms with Gasteiger partial charge >= 0.3 is 0 Å². The Balaban J connectivity index is 2.00. The third kappa shape index (κ3) is 3.87. The fourth-order valence-corrected chi connectivity index (χ4v) is 2.78. The van der Waals surface area contributed by atoms with Crippen molar-refractivity contribution >= 4 is 23.2 Å². The standard InChI is InChI=1S/C15H21ClN2O/c1-17-15(19)12-7-8-13(16)14(9-12)18-10-11-5-3-2-4-6-11/h7-9,11,18H,2-6,10H2,1H3,(H,17,19).